The molecule has 0 bridgehead atoms. The topological polar surface area (TPSA) is 57.7 Å². The maximum absolute atomic E-state index is 13.2. The number of amides is 3. The number of hydrogen-bond acceptors (Lipinski definition) is 4. The first kappa shape index (κ1) is 20.2. The molecule has 148 valence electrons. The number of imide groups is 1. The lowest BCUT2D eigenvalue weighted by atomic mass is 9.75. The van der Waals surface area contributed by atoms with E-state index in [0.29, 0.717) is 11.3 Å². The number of carbonyl (C=O) groups is 3. The van der Waals surface area contributed by atoms with Crippen molar-refractivity contribution < 1.29 is 14.4 Å². The van der Waals surface area contributed by atoms with Gasteiger partial charge >= 0.3 is 6.03 Å². The zero-order valence-corrected chi connectivity index (χ0v) is 17.3. The van der Waals surface area contributed by atoms with Crippen molar-refractivity contribution in [3.05, 3.63) is 23.3 Å². The van der Waals surface area contributed by atoms with E-state index in [4.69, 9.17) is 0 Å². The van der Waals surface area contributed by atoms with Crippen LogP contribution >= 0.6 is 12.6 Å². The van der Waals surface area contributed by atoms with Gasteiger partial charge in [-0.1, -0.05) is 37.0 Å². The van der Waals surface area contributed by atoms with Gasteiger partial charge in [0, 0.05) is 18.4 Å². The normalized spacial score (nSPS) is 27.5. The summed E-state index contributed by atoms with van der Waals surface area (Å²) < 4.78 is 0. The van der Waals surface area contributed by atoms with Crippen molar-refractivity contribution in [2.24, 2.45) is 5.92 Å². The van der Waals surface area contributed by atoms with E-state index in [1.807, 2.05) is 19.1 Å². The maximum Gasteiger partial charge on any atom is 0.327 e. The molecule has 5 nitrogen and oxygen atoms in total. The Morgan fingerprint density at radius 3 is 2.59 bits per heavy atom. The number of carbonyl (C=O) groups excluding carboxylic acids is 3. The van der Waals surface area contributed by atoms with Crippen molar-refractivity contribution in [2.75, 3.05) is 19.3 Å². The van der Waals surface area contributed by atoms with Gasteiger partial charge in [0.05, 0.1) is 6.54 Å². The Balaban J connectivity index is 1.78. The molecule has 6 heteroatoms. The second kappa shape index (κ2) is 8.21. The highest BCUT2D eigenvalue weighted by Crippen LogP contribution is 2.41. The molecular formula is C21H30N2O3S. The molecule has 0 spiro atoms. The highest BCUT2D eigenvalue weighted by Gasteiger charge is 2.56. The lowest BCUT2D eigenvalue weighted by Gasteiger charge is -2.38. The molecule has 1 saturated heterocycles. The Kier molecular flexibility index (Phi) is 6.14. The predicted octanol–water partition coefficient (Wildman–Crippen LogP) is 3.76. The van der Waals surface area contributed by atoms with Gasteiger partial charge in [-0.25, -0.2) is 4.79 Å². The van der Waals surface area contributed by atoms with Crippen LogP contribution in [0.4, 0.5) is 4.79 Å². The van der Waals surface area contributed by atoms with Crippen LogP contribution in [-0.4, -0.2) is 52.4 Å². The van der Waals surface area contributed by atoms with Crippen molar-refractivity contribution in [1.29, 1.82) is 0 Å². The lowest BCUT2D eigenvalue weighted by molar-refractivity contribution is -0.137. The van der Waals surface area contributed by atoms with E-state index in [9.17, 15) is 14.4 Å². The van der Waals surface area contributed by atoms with Crippen molar-refractivity contribution in [3.8, 4) is 0 Å². The largest absolute Gasteiger partial charge is 0.327 e. The summed E-state index contributed by atoms with van der Waals surface area (Å²) in [6.07, 6.45) is 11.9. The molecule has 2 fully saturated rings. The molecule has 2 aliphatic carbocycles. The van der Waals surface area contributed by atoms with Crippen LogP contribution in [-0.2, 0) is 9.59 Å². The summed E-state index contributed by atoms with van der Waals surface area (Å²) in [6, 6.07) is -0.353. The molecule has 1 heterocycles. The fourth-order valence-corrected chi connectivity index (χ4v) is 4.88. The van der Waals surface area contributed by atoms with Crippen molar-refractivity contribution in [3.63, 3.8) is 0 Å². The van der Waals surface area contributed by atoms with Gasteiger partial charge in [-0.15, -0.1) is 0 Å². The molecule has 0 aromatic heterocycles. The summed E-state index contributed by atoms with van der Waals surface area (Å²) >= 11 is 4.33. The Bertz CT molecular complexity index is 694. The van der Waals surface area contributed by atoms with E-state index in [2.05, 4.69) is 12.6 Å². The first-order chi connectivity index (χ1) is 12.9. The van der Waals surface area contributed by atoms with Crippen molar-refractivity contribution in [1.82, 2.24) is 9.80 Å². The van der Waals surface area contributed by atoms with Crippen LogP contribution in [0.5, 0.6) is 0 Å². The first-order valence-electron chi connectivity index (χ1n) is 10.0. The van der Waals surface area contributed by atoms with E-state index in [1.165, 1.54) is 6.42 Å². The zero-order chi connectivity index (χ0) is 19.6. The Labute approximate surface area is 167 Å². The minimum Gasteiger partial charge on any atom is -0.313 e. The fourth-order valence-electron chi connectivity index (χ4n) is 4.63. The van der Waals surface area contributed by atoms with Gasteiger partial charge in [0.2, 0.25) is 0 Å². The van der Waals surface area contributed by atoms with E-state index >= 15 is 0 Å². The van der Waals surface area contributed by atoms with Gasteiger partial charge in [-0.2, -0.15) is 12.6 Å². The van der Waals surface area contributed by atoms with Gasteiger partial charge in [-0.3, -0.25) is 14.5 Å². The van der Waals surface area contributed by atoms with Gasteiger partial charge in [0.15, 0.2) is 5.78 Å². The molecule has 0 aromatic carbocycles. The molecular weight excluding hydrogens is 360 g/mol. The van der Waals surface area contributed by atoms with Crippen LogP contribution in [0.15, 0.2) is 23.3 Å². The molecule has 1 atom stereocenters. The second-order valence-corrected chi connectivity index (χ2v) is 8.47. The number of urea groups is 1. The van der Waals surface area contributed by atoms with E-state index in [1.54, 1.807) is 11.9 Å². The summed E-state index contributed by atoms with van der Waals surface area (Å²) in [5.41, 5.74) is 0.895. The summed E-state index contributed by atoms with van der Waals surface area (Å²) in [5.74, 6) is 0.400. The summed E-state index contributed by atoms with van der Waals surface area (Å²) in [5, 5.41) is 0. The van der Waals surface area contributed by atoms with Crippen LogP contribution in [0.25, 0.3) is 0 Å². The minimum atomic E-state index is -0.832. The molecule has 0 N–H and O–H groups in total. The number of nitrogens with zero attached hydrogens (tertiary/aromatic N) is 2. The third-order valence-electron chi connectivity index (χ3n) is 6.55. The van der Waals surface area contributed by atoms with Crippen LogP contribution in [0.3, 0.4) is 0 Å². The average molecular weight is 391 g/mol. The van der Waals surface area contributed by atoms with Crippen LogP contribution < -0.4 is 0 Å². The molecule has 27 heavy (non-hydrogen) atoms. The van der Waals surface area contributed by atoms with Gasteiger partial charge in [0.25, 0.3) is 5.91 Å². The molecule has 1 saturated carbocycles. The SMILES string of the molecule is CN1C(=O)N(CC(=O)C2=CCCCC(CS)=C2)C(=O)C1(C)C1CCCCC1. The highest BCUT2D eigenvalue weighted by molar-refractivity contribution is 7.80. The summed E-state index contributed by atoms with van der Waals surface area (Å²) in [6.45, 7) is 1.70. The van der Waals surface area contributed by atoms with E-state index in [0.717, 1.165) is 55.4 Å². The third kappa shape index (κ3) is 3.73. The van der Waals surface area contributed by atoms with Crippen LogP contribution in [0, 0.1) is 5.92 Å². The van der Waals surface area contributed by atoms with Crippen LogP contribution in [0.2, 0.25) is 0 Å². The molecule has 0 radical (unpaired) electrons. The standard InChI is InChI=1S/C21H30N2O3S/c1-21(17-10-4-3-5-11-17)19(25)23(20(26)22(21)2)13-18(24)16-9-7-6-8-15(12-16)14-27/h9,12,17,27H,3-8,10-11,13-14H2,1-2H3. The monoisotopic (exact) mass is 390 g/mol. The number of Topliss-reactive ketones (excluding diaryl/α,β-unsaturated/α-hetero) is 1. The number of ketones is 1. The van der Waals surface area contributed by atoms with Gasteiger partial charge in [0.1, 0.15) is 5.54 Å². The minimum absolute atomic E-state index is 0.167. The second-order valence-electron chi connectivity index (χ2n) is 8.15. The molecule has 0 aromatic rings. The van der Waals surface area contributed by atoms with Crippen molar-refractivity contribution >= 4 is 30.4 Å². The smallest absolute Gasteiger partial charge is 0.313 e. The zero-order valence-electron chi connectivity index (χ0n) is 16.4. The molecule has 3 rings (SSSR count). The highest BCUT2D eigenvalue weighted by atomic mass is 32.1. The molecule has 3 aliphatic rings. The first-order valence-corrected chi connectivity index (χ1v) is 10.7. The fraction of sp³-hybridized carbons (Fsp3) is 0.667. The Hall–Kier alpha value is -1.56. The van der Waals surface area contributed by atoms with Crippen LogP contribution in [0.1, 0.15) is 58.3 Å². The summed E-state index contributed by atoms with van der Waals surface area (Å²) in [4.78, 5) is 41.6. The molecule has 1 unspecified atom stereocenters. The average Bonchev–Trinajstić information content (AvgIpc) is 2.89. The maximum atomic E-state index is 13.2. The number of likely N-dealkylation sites (N-methyl/N-ethyl adjacent to an activating group) is 1. The number of hydrogen-bond donors (Lipinski definition) is 1. The Morgan fingerprint density at radius 1 is 1.22 bits per heavy atom. The molecule has 3 amide bonds. The Morgan fingerprint density at radius 2 is 1.93 bits per heavy atom. The predicted molar refractivity (Wildman–Crippen MR) is 109 cm³/mol. The quantitative estimate of drug-likeness (QED) is 0.574. The third-order valence-corrected chi connectivity index (χ3v) is 6.95. The number of rotatable bonds is 5. The van der Waals surface area contributed by atoms with Gasteiger partial charge in [-0.05, 0) is 44.9 Å². The van der Waals surface area contributed by atoms with E-state index in [-0.39, 0.29) is 30.2 Å². The number of thiol groups is 1. The van der Waals surface area contributed by atoms with Gasteiger partial charge < -0.3 is 4.90 Å². The number of allylic oxidation sites excluding steroid dienone is 2. The van der Waals surface area contributed by atoms with E-state index < -0.39 is 5.54 Å². The molecule has 1 aliphatic heterocycles. The lowest BCUT2D eigenvalue weighted by Crippen LogP contribution is -2.52. The summed E-state index contributed by atoms with van der Waals surface area (Å²) in [7, 11) is 1.70. The van der Waals surface area contributed by atoms with Crippen molar-refractivity contribution in [2.45, 2.75) is 63.8 Å².